The van der Waals surface area contributed by atoms with Gasteiger partial charge in [-0.25, -0.2) is 0 Å². The Labute approximate surface area is 108 Å². The van der Waals surface area contributed by atoms with Crippen molar-refractivity contribution in [2.24, 2.45) is 5.41 Å². The summed E-state index contributed by atoms with van der Waals surface area (Å²) in [6.07, 6.45) is 3.54. The Morgan fingerprint density at radius 3 is 2.76 bits per heavy atom. The molecule has 0 radical (unpaired) electrons. The van der Waals surface area contributed by atoms with Crippen LogP contribution in [-0.4, -0.2) is 23.3 Å². The number of aliphatic hydroxyl groups excluding tert-OH is 1. The molecule has 1 unspecified atom stereocenters. The highest BCUT2D eigenvalue weighted by atomic mass is 79.9. The minimum absolute atomic E-state index is 0.520. The summed E-state index contributed by atoms with van der Waals surface area (Å²) >= 11 is 3.31. The van der Waals surface area contributed by atoms with Gasteiger partial charge in [0.25, 0.3) is 0 Å². The van der Waals surface area contributed by atoms with E-state index in [1.54, 1.807) is 18.5 Å². The average molecular weight is 297 g/mol. The predicted octanol–water partition coefficient (Wildman–Crippen LogP) is 2.20. The highest BCUT2D eigenvalue weighted by Gasteiger charge is 2.40. The number of aromatic nitrogens is 1. The molecule has 1 aliphatic heterocycles. The lowest BCUT2D eigenvalue weighted by Crippen LogP contribution is -2.34. The fourth-order valence-electron chi connectivity index (χ4n) is 2.08. The molecule has 1 aliphatic rings. The van der Waals surface area contributed by atoms with Crippen molar-refractivity contribution < 1.29 is 9.84 Å². The Morgan fingerprint density at radius 1 is 1.47 bits per heavy atom. The van der Waals surface area contributed by atoms with Gasteiger partial charge in [-0.1, -0.05) is 0 Å². The van der Waals surface area contributed by atoms with Crippen molar-refractivity contribution in [3.05, 3.63) is 28.5 Å². The minimum Gasteiger partial charge on any atom is -0.387 e. The first-order chi connectivity index (χ1) is 8.18. The summed E-state index contributed by atoms with van der Waals surface area (Å²) in [4.78, 5) is 4.02. The first-order valence-corrected chi connectivity index (χ1v) is 6.25. The summed E-state index contributed by atoms with van der Waals surface area (Å²) in [6.45, 7) is 1.04. The number of rotatable bonds is 2. The van der Waals surface area contributed by atoms with Gasteiger partial charge in [0, 0.05) is 35.6 Å². The van der Waals surface area contributed by atoms with Crippen LogP contribution in [0.15, 0.2) is 22.9 Å². The first-order valence-electron chi connectivity index (χ1n) is 5.45. The van der Waals surface area contributed by atoms with E-state index in [-0.39, 0.29) is 0 Å². The molecule has 0 bridgehead atoms. The molecule has 2 heterocycles. The predicted molar refractivity (Wildman–Crippen MR) is 65.0 cm³/mol. The Balaban J connectivity index is 2.29. The van der Waals surface area contributed by atoms with Crippen molar-refractivity contribution in [3.63, 3.8) is 0 Å². The molecule has 0 aromatic carbocycles. The maximum absolute atomic E-state index is 10.4. The van der Waals surface area contributed by atoms with Crippen molar-refractivity contribution in [1.82, 2.24) is 4.98 Å². The summed E-state index contributed by atoms with van der Waals surface area (Å²) in [5.41, 5.74) is -0.0800. The number of nitrogens with zero attached hydrogens (tertiary/aromatic N) is 2. The number of hydrogen-bond acceptors (Lipinski definition) is 4. The molecule has 17 heavy (non-hydrogen) atoms. The summed E-state index contributed by atoms with van der Waals surface area (Å²) in [5.74, 6) is 0. The van der Waals surface area contributed by atoms with Crippen molar-refractivity contribution in [2.45, 2.75) is 18.9 Å². The van der Waals surface area contributed by atoms with E-state index in [2.05, 4.69) is 27.0 Å². The molecular formula is C12H13BrN2O2. The van der Waals surface area contributed by atoms with E-state index < -0.39 is 11.5 Å². The van der Waals surface area contributed by atoms with E-state index in [9.17, 15) is 10.4 Å². The molecule has 1 atom stereocenters. The van der Waals surface area contributed by atoms with Crippen LogP contribution in [0.5, 0.6) is 0 Å². The highest BCUT2D eigenvalue weighted by molar-refractivity contribution is 9.10. The van der Waals surface area contributed by atoms with Crippen LogP contribution in [0.2, 0.25) is 0 Å². The smallest absolute Gasteiger partial charge is 0.0993 e. The van der Waals surface area contributed by atoms with E-state index in [0.717, 1.165) is 4.47 Å². The number of hydrogen-bond donors (Lipinski definition) is 1. The van der Waals surface area contributed by atoms with Crippen LogP contribution in [0.4, 0.5) is 0 Å². The molecule has 5 heteroatoms. The number of ether oxygens (including phenoxy) is 1. The Kier molecular flexibility index (Phi) is 3.77. The molecule has 1 N–H and O–H groups in total. The topological polar surface area (TPSA) is 66.1 Å². The standard InChI is InChI=1S/C12H13BrN2O2/c13-10-5-9(6-15-7-10)11(16)12(8-14)1-3-17-4-2-12/h5-7,11,16H,1-4H2. The SMILES string of the molecule is N#CC1(C(O)c2cncc(Br)c2)CCOCC1. The zero-order chi connectivity index (χ0) is 12.3. The van der Waals surface area contributed by atoms with Gasteiger partial charge in [-0.05, 0) is 34.8 Å². The Morgan fingerprint density at radius 2 is 2.18 bits per heavy atom. The van der Waals surface area contributed by atoms with Gasteiger partial charge in [0.1, 0.15) is 0 Å². The van der Waals surface area contributed by atoms with Gasteiger partial charge in [0.2, 0.25) is 0 Å². The van der Waals surface area contributed by atoms with Crippen molar-refractivity contribution in [2.75, 3.05) is 13.2 Å². The lowest BCUT2D eigenvalue weighted by Gasteiger charge is -2.34. The van der Waals surface area contributed by atoms with E-state index in [4.69, 9.17) is 4.74 Å². The molecule has 0 amide bonds. The first kappa shape index (κ1) is 12.5. The fourth-order valence-corrected chi connectivity index (χ4v) is 2.46. The number of halogens is 1. The van der Waals surface area contributed by atoms with Gasteiger partial charge >= 0.3 is 0 Å². The van der Waals surface area contributed by atoms with Crippen LogP contribution in [-0.2, 0) is 4.74 Å². The Bertz CT molecular complexity index is 438. The average Bonchev–Trinajstić information content (AvgIpc) is 2.38. The van der Waals surface area contributed by atoms with Crippen molar-refractivity contribution in [1.29, 1.82) is 5.26 Å². The second kappa shape index (κ2) is 5.13. The second-order valence-electron chi connectivity index (χ2n) is 4.22. The molecule has 1 aromatic heterocycles. The third-order valence-electron chi connectivity index (χ3n) is 3.17. The van der Waals surface area contributed by atoms with E-state index in [1.165, 1.54) is 0 Å². The molecule has 0 spiro atoms. The Hall–Kier alpha value is -0.960. The summed E-state index contributed by atoms with van der Waals surface area (Å²) < 4.78 is 6.05. The van der Waals surface area contributed by atoms with Crippen LogP contribution in [0.1, 0.15) is 24.5 Å². The largest absolute Gasteiger partial charge is 0.387 e. The third-order valence-corrected chi connectivity index (χ3v) is 3.61. The highest BCUT2D eigenvalue weighted by Crippen LogP contribution is 2.42. The van der Waals surface area contributed by atoms with Crippen molar-refractivity contribution >= 4 is 15.9 Å². The van der Waals surface area contributed by atoms with E-state index >= 15 is 0 Å². The lowest BCUT2D eigenvalue weighted by molar-refractivity contribution is -0.0311. The monoisotopic (exact) mass is 296 g/mol. The summed E-state index contributed by atoms with van der Waals surface area (Å²) in [5, 5.41) is 19.7. The van der Waals surface area contributed by atoms with Gasteiger partial charge < -0.3 is 9.84 Å². The fraction of sp³-hybridized carbons (Fsp3) is 0.500. The lowest BCUT2D eigenvalue weighted by atomic mass is 9.74. The molecule has 2 rings (SSSR count). The van der Waals surface area contributed by atoms with E-state index in [0.29, 0.717) is 31.6 Å². The van der Waals surface area contributed by atoms with Gasteiger partial charge in [-0.15, -0.1) is 0 Å². The van der Waals surface area contributed by atoms with Gasteiger partial charge in [0.15, 0.2) is 0 Å². The number of pyridine rings is 1. The van der Waals surface area contributed by atoms with Crippen LogP contribution < -0.4 is 0 Å². The molecule has 0 aliphatic carbocycles. The molecule has 4 nitrogen and oxygen atoms in total. The van der Waals surface area contributed by atoms with Crippen LogP contribution in [0.3, 0.4) is 0 Å². The van der Waals surface area contributed by atoms with Crippen LogP contribution >= 0.6 is 15.9 Å². The molecular weight excluding hydrogens is 284 g/mol. The molecule has 1 saturated heterocycles. The van der Waals surface area contributed by atoms with Gasteiger partial charge in [-0.3, -0.25) is 4.98 Å². The number of nitriles is 1. The van der Waals surface area contributed by atoms with Gasteiger partial charge in [0.05, 0.1) is 17.6 Å². The maximum atomic E-state index is 10.4. The molecule has 1 fully saturated rings. The van der Waals surface area contributed by atoms with Gasteiger partial charge in [-0.2, -0.15) is 5.26 Å². The van der Waals surface area contributed by atoms with Crippen LogP contribution in [0.25, 0.3) is 0 Å². The normalized spacial score (nSPS) is 20.5. The van der Waals surface area contributed by atoms with Crippen LogP contribution in [0, 0.1) is 16.7 Å². The number of aliphatic hydroxyl groups is 1. The zero-order valence-electron chi connectivity index (χ0n) is 9.27. The zero-order valence-corrected chi connectivity index (χ0v) is 10.9. The summed E-state index contributed by atoms with van der Waals surface area (Å²) in [7, 11) is 0. The molecule has 0 saturated carbocycles. The molecule has 1 aromatic rings. The quantitative estimate of drug-likeness (QED) is 0.908. The molecule has 90 valence electrons. The minimum atomic E-state index is -0.818. The second-order valence-corrected chi connectivity index (χ2v) is 5.14. The van der Waals surface area contributed by atoms with Crippen molar-refractivity contribution in [3.8, 4) is 6.07 Å². The maximum Gasteiger partial charge on any atom is 0.0993 e. The third kappa shape index (κ3) is 2.49. The summed E-state index contributed by atoms with van der Waals surface area (Å²) in [6, 6.07) is 4.06. The van der Waals surface area contributed by atoms with E-state index in [1.807, 2.05) is 0 Å².